The molecule has 8 heteroatoms. The molecule has 0 fully saturated rings. The van der Waals surface area contributed by atoms with Crippen molar-refractivity contribution < 1.29 is 22.1 Å². The van der Waals surface area contributed by atoms with Crippen molar-refractivity contribution in [1.82, 2.24) is 0 Å². The lowest BCUT2D eigenvalue weighted by Gasteiger charge is -2.33. The van der Waals surface area contributed by atoms with Gasteiger partial charge in [-0.3, -0.25) is 0 Å². The van der Waals surface area contributed by atoms with E-state index >= 15 is 0 Å². The fourth-order valence-corrected chi connectivity index (χ4v) is 9.53. The highest BCUT2D eigenvalue weighted by Crippen LogP contribution is 2.26. The second-order valence-electron chi connectivity index (χ2n) is 4.39. The molecule has 128 valence electrons. The summed E-state index contributed by atoms with van der Waals surface area (Å²) in [5, 5.41) is 0. The van der Waals surface area contributed by atoms with Gasteiger partial charge in [0.2, 0.25) is 0 Å². The van der Waals surface area contributed by atoms with Gasteiger partial charge in [-0.05, 0) is 40.7 Å². The van der Waals surface area contributed by atoms with Crippen LogP contribution in [0.1, 0.15) is 34.6 Å². The molecule has 0 aliphatic rings. The Bertz CT molecular complexity index is 236. The third-order valence-corrected chi connectivity index (χ3v) is 10.7. The molecule has 0 saturated heterocycles. The van der Waals surface area contributed by atoms with Crippen molar-refractivity contribution in [3.63, 3.8) is 0 Å². The van der Waals surface area contributed by atoms with E-state index in [4.69, 9.17) is 33.7 Å². The molecule has 0 spiro atoms. The van der Waals surface area contributed by atoms with E-state index in [9.17, 15) is 0 Å². The Morgan fingerprint density at radius 3 is 1.29 bits per heavy atom. The Morgan fingerprint density at radius 2 is 1.00 bits per heavy atom. The van der Waals surface area contributed by atoms with Crippen LogP contribution in [0.25, 0.3) is 0 Å². The number of hydrogen-bond donors (Lipinski definition) is 0. The van der Waals surface area contributed by atoms with Gasteiger partial charge in [-0.2, -0.15) is 0 Å². The predicted octanol–water partition coefficient (Wildman–Crippen LogP) is 3.33. The van der Waals surface area contributed by atoms with Gasteiger partial charge in [0, 0.05) is 39.1 Å². The quantitative estimate of drug-likeness (QED) is 0.352. The van der Waals surface area contributed by atoms with Crippen LogP contribution >= 0.6 is 11.6 Å². The van der Waals surface area contributed by atoms with Gasteiger partial charge in [0.25, 0.3) is 0 Å². The minimum atomic E-state index is -2.66. The zero-order chi connectivity index (χ0) is 16.2. The summed E-state index contributed by atoms with van der Waals surface area (Å²) in [5.41, 5.74) is 0.406. The van der Waals surface area contributed by atoms with Gasteiger partial charge in [-0.25, -0.2) is 0 Å². The van der Waals surface area contributed by atoms with Crippen LogP contribution in [0.2, 0.25) is 12.1 Å². The molecule has 0 saturated carbocycles. The van der Waals surface area contributed by atoms with Gasteiger partial charge in [-0.15, -0.1) is 11.6 Å². The van der Waals surface area contributed by atoms with Gasteiger partial charge in [0.1, 0.15) is 0 Å². The summed E-state index contributed by atoms with van der Waals surface area (Å²) in [4.78, 5) is 0. The van der Waals surface area contributed by atoms with E-state index in [-0.39, 0.29) is 0 Å². The standard InChI is InChI=1S/C13H31ClO5Si2/c1-6-15-20(13-14,16-7-2)11-12-21(17-8-3,18-9-4)19-10-5/h6-13H2,1-5H3. The first kappa shape index (κ1) is 21.5. The smallest absolute Gasteiger partial charge is 0.394 e. The predicted molar refractivity (Wildman–Crippen MR) is 90.0 cm³/mol. The molecular weight excluding hydrogens is 328 g/mol. The minimum absolute atomic E-state index is 0.406. The molecule has 0 unspecified atom stereocenters. The largest absolute Gasteiger partial charge is 0.500 e. The van der Waals surface area contributed by atoms with Crippen molar-refractivity contribution in [1.29, 1.82) is 0 Å². The van der Waals surface area contributed by atoms with Gasteiger partial charge in [0.05, 0.1) is 5.50 Å². The van der Waals surface area contributed by atoms with Gasteiger partial charge >= 0.3 is 17.4 Å². The van der Waals surface area contributed by atoms with Crippen LogP contribution < -0.4 is 0 Å². The lowest BCUT2D eigenvalue weighted by molar-refractivity contribution is 0.0712. The van der Waals surface area contributed by atoms with E-state index in [1.807, 2.05) is 34.6 Å². The average Bonchev–Trinajstić information content (AvgIpc) is 2.46. The summed E-state index contributed by atoms with van der Waals surface area (Å²) >= 11 is 6.15. The third kappa shape index (κ3) is 7.56. The molecule has 0 atom stereocenters. The summed E-state index contributed by atoms with van der Waals surface area (Å²) < 4.78 is 29.4. The van der Waals surface area contributed by atoms with E-state index in [1.54, 1.807) is 0 Å². The lowest BCUT2D eigenvalue weighted by Crippen LogP contribution is -2.51. The maximum absolute atomic E-state index is 6.15. The van der Waals surface area contributed by atoms with Crippen molar-refractivity contribution in [2.24, 2.45) is 0 Å². The second-order valence-corrected chi connectivity index (χ2v) is 11.1. The normalized spacial score (nSPS) is 12.9. The molecule has 21 heavy (non-hydrogen) atoms. The molecule has 0 aromatic carbocycles. The topological polar surface area (TPSA) is 46.2 Å². The van der Waals surface area contributed by atoms with E-state index in [2.05, 4.69) is 0 Å². The molecule has 0 heterocycles. The minimum Gasteiger partial charge on any atom is -0.394 e. The van der Waals surface area contributed by atoms with Crippen molar-refractivity contribution in [2.45, 2.75) is 46.7 Å². The molecule has 0 amide bonds. The third-order valence-electron chi connectivity index (χ3n) is 2.92. The summed E-state index contributed by atoms with van der Waals surface area (Å²) in [6.07, 6.45) is 0. The van der Waals surface area contributed by atoms with E-state index in [1.165, 1.54) is 0 Å². The summed E-state index contributed by atoms with van der Waals surface area (Å²) in [6, 6.07) is 1.41. The van der Waals surface area contributed by atoms with Crippen LogP contribution in [-0.2, 0) is 22.1 Å². The van der Waals surface area contributed by atoms with Crippen molar-refractivity contribution in [3.05, 3.63) is 0 Å². The van der Waals surface area contributed by atoms with Crippen molar-refractivity contribution in [2.75, 3.05) is 38.5 Å². The second kappa shape index (κ2) is 12.0. The van der Waals surface area contributed by atoms with Gasteiger partial charge < -0.3 is 22.1 Å². The number of alkyl halides is 1. The molecule has 0 rings (SSSR count). The average molecular weight is 359 g/mol. The fourth-order valence-electron chi connectivity index (χ4n) is 2.20. The van der Waals surface area contributed by atoms with Crippen LogP contribution in [0.3, 0.4) is 0 Å². The zero-order valence-corrected chi connectivity index (χ0v) is 16.8. The lowest BCUT2D eigenvalue weighted by atomic mass is 10.9. The zero-order valence-electron chi connectivity index (χ0n) is 14.1. The Hall–Kier alpha value is 0.524. The van der Waals surface area contributed by atoms with Crippen LogP contribution in [0.15, 0.2) is 0 Å². The van der Waals surface area contributed by atoms with E-state index in [0.29, 0.717) is 44.6 Å². The highest BCUT2D eigenvalue weighted by molar-refractivity contribution is 6.76. The number of rotatable bonds is 14. The summed E-state index contributed by atoms with van der Waals surface area (Å²) in [7, 11) is -5.07. The monoisotopic (exact) mass is 358 g/mol. The summed E-state index contributed by atoms with van der Waals surface area (Å²) in [6.45, 7) is 12.7. The Morgan fingerprint density at radius 1 is 0.619 bits per heavy atom. The van der Waals surface area contributed by atoms with E-state index < -0.39 is 17.4 Å². The Kier molecular flexibility index (Phi) is 12.3. The van der Waals surface area contributed by atoms with Crippen LogP contribution in [0, 0.1) is 0 Å². The van der Waals surface area contributed by atoms with Gasteiger partial charge in [-0.1, -0.05) is 0 Å². The molecule has 0 aromatic rings. The molecule has 0 radical (unpaired) electrons. The summed E-state index contributed by atoms with van der Waals surface area (Å²) in [5.74, 6) is 0. The van der Waals surface area contributed by atoms with E-state index in [0.717, 1.165) is 6.04 Å². The first-order chi connectivity index (χ1) is 10.1. The van der Waals surface area contributed by atoms with Crippen molar-refractivity contribution >= 4 is 29.0 Å². The SMILES string of the molecule is CCO[Si](CCl)(CC[Si](OCC)(OCC)OCC)OCC. The molecule has 0 N–H and O–H groups in total. The molecule has 0 aliphatic heterocycles. The van der Waals surface area contributed by atoms with Crippen molar-refractivity contribution in [3.8, 4) is 0 Å². The number of hydrogen-bond acceptors (Lipinski definition) is 5. The Labute approximate surface area is 136 Å². The first-order valence-corrected chi connectivity index (χ1v) is 12.5. The molecule has 0 aliphatic carbocycles. The van der Waals surface area contributed by atoms with Crippen LogP contribution in [0.4, 0.5) is 0 Å². The molecule has 5 nitrogen and oxygen atoms in total. The van der Waals surface area contributed by atoms with Gasteiger partial charge in [0.15, 0.2) is 0 Å². The molecular formula is C13H31ClO5Si2. The van der Waals surface area contributed by atoms with Crippen LogP contribution in [-0.4, -0.2) is 55.9 Å². The first-order valence-electron chi connectivity index (χ1n) is 7.83. The highest BCUT2D eigenvalue weighted by Gasteiger charge is 2.46. The molecule has 0 bridgehead atoms. The fraction of sp³-hybridized carbons (Fsp3) is 1.00. The number of halogens is 1. The van der Waals surface area contributed by atoms with Crippen LogP contribution in [0.5, 0.6) is 0 Å². The maximum Gasteiger partial charge on any atom is 0.500 e. The maximum atomic E-state index is 6.15. The highest BCUT2D eigenvalue weighted by atomic mass is 35.5. The Balaban J connectivity index is 4.94. The molecule has 0 aromatic heterocycles.